The molecule has 0 aliphatic heterocycles. The molecule has 0 bridgehead atoms. The topological polar surface area (TPSA) is 97.1 Å². The maximum Gasteiger partial charge on any atom is 0.326 e. The van der Waals surface area contributed by atoms with Crippen molar-refractivity contribution >= 4 is 23.6 Å². The molecule has 0 saturated heterocycles. The van der Waals surface area contributed by atoms with E-state index in [2.05, 4.69) is 22.1 Å². The van der Waals surface area contributed by atoms with Gasteiger partial charge in [0.1, 0.15) is 12.4 Å². The lowest BCUT2D eigenvalue weighted by molar-refractivity contribution is -0.141. The van der Waals surface area contributed by atoms with E-state index in [4.69, 9.17) is 5.11 Å². The number of nitrogens with one attached hydrogen (secondary N) is 1. The number of aryl methyl sites for hydroxylation is 1. The molecule has 8 heteroatoms. The average molecular weight is 360 g/mol. The van der Waals surface area contributed by atoms with Crippen molar-refractivity contribution in [1.82, 2.24) is 20.1 Å². The van der Waals surface area contributed by atoms with Crippen molar-refractivity contribution in [2.75, 3.05) is 5.75 Å². The van der Waals surface area contributed by atoms with Crippen LogP contribution in [-0.4, -0.2) is 43.5 Å². The summed E-state index contributed by atoms with van der Waals surface area (Å²) in [7, 11) is 0. The van der Waals surface area contributed by atoms with E-state index in [1.165, 1.54) is 11.8 Å². The lowest BCUT2D eigenvalue weighted by Gasteiger charge is -2.13. The Bertz CT molecular complexity index is 743. The monoisotopic (exact) mass is 360 g/mol. The van der Waals surface area contributed by atoms with E-state index in [0.717, 1.165) is 11.3 Å². The molecule has 1 atom stereocenters. The minimum Gasteiger partial charge on any atom is -0.480 e. The van der Waals surface area contributed by atoms with E-state index in [9.17, 15) is 9.59 Å². The number of aromatic nitrogens is 3. The highest BCUT2D eigenvalue weighted by atomic mass is 32.2. The highest BCUT2D eigenvalue weighted by Gasteiger charge is 2.19. The van der Waals surface area contributed by atoms with Crippen LogP contribution in [0.1, 0.15) is 18.4 Å². The quantitative estimate of drug-likeness (QED) is 0.526. The molecule has 1 aromatic carbocycles. The summed E-state index contributed by atoms with van der Waals surface area (Å²) in [6.07, 6.45) is 4.04. The third-order valence-corrected chi connectivity index (χ3v) is 4.40. The summed E-state index contributed by atoms with van der Waals surface area (Å²) < 4.78 is 1.78. The summed E-state index contributed by atoms with van der Waals surface area (Å²) in [5.41, 5.74) is 2.04. The summed E-state index contributed by atoms with van der Waals surface area (Å²) in [4.78, 5) is 23.2. The SMILES string of the molecule is C=CCCC(NC(=O)CSc1nncn1-c1ccc(C)cc1)C(=O)O. The molecule has 1 aromatic heterocycles. The lowest BCUT2D eigenvalue weighted by Crippen LogP contribution is -2.41. The number of carbonyl (C=O) groups is 2. The van der Waals surface area contributed by atoms with Gasteiger partial charge in [-0.25, -0.2) is 4.79 Å². The van der Waals surface area contributed by atoms with Gasteiger partial charge in [-0.15, -0.1) is 16.8 Å². The van der Waals surface area contributed by atoms with Crippen LogP contribution in [-0.2, 0) is 9.59 Å². The van der Waals surface area contributed by atoms with Gasteiger partial charge in [0.25, 0.3) is 0 Å². The Kier molecular flexibility index (Phi) is 6.76. The molecule has 7 nitrogen and oxygen atoms in total. The maximum absolute atomic E-state index is 12.0. The molecule has 0 radical (unpaired) electrons. The number of hydrogen-bond acceptors (Lipinski definition) is 5. The predicted molar refractivity (Wildman–Crippen MR) is 95.8 cm³/mol. The second kappa shape index (κ2) is 9.03. The normalized spacial score (nSPS) is 11.7. The molecule has 0 aliphatic carbocycles. The van der Waals surface area contributed by atoms with Crippen LogP contribution in [0.15, 0.2) is 48.4 Å². The van der Waals surface area contributed by atoms with E-state index >= 15 is 0 Å². The Labute approximate surface area is 150 Å². The second-order valence-corrected chi connectivity index (χ2v) is 6.37. The zero-order valence-electron chi connectivity index (χ0n) is 13.9. The van der Waals surface area contributed by atoms with Gasteiger partial charge >= 0.3 is 5.97 Å². The van der Waals surface area contributed by atoms with Crippen LogP contribution in [0.4, 0.5) is 0 Å². The number of thioether (sulfide) groups is 1. The molecule has 132 valence electrons. The maximum atomic E-state index is 12.0. The Balaban J connectivity index is 1.96. The molecule has 2 aromatic rings. The molecule has 0 aliphatic rings. The molecule has 25 heavy (non-hydrogen) atoms. The van der Waals surface area contributed by atoms with Gasteiger partial charge in [-0.2, -0.15) is 0 Å². The molecule has 1 unspecified atom stereocenters. The first-order valence-electron chi connectivity index (χ1n) is 7.74. The number of carbonyl (C=O) groups excluding carboxylic acids is 1. The minimum atomic E-state index is -1.05. The van der Waals surface area contributed by atoms with Gasteiger partial charge in [-0.1, -0.05) is 35.5 Å². The first-order valence-corrected chi connectivity index (χ1v) is 8.72. The molecule has 1 heterocycles. The fourth-order valence-corrected chi connectivity index (χ4v) is 2.85. The van der Waals surface area contributed by atoms with Gasteiger partial charge in [0.2, 0.25) is 5.91 Å². The van der Waals surface area contributed by atoms with Gasteiger partial charge in [0, 0.05) is 5.69 Å². The summed E-state index contributed by atoms with van der Waals surface area (Å²) in [5.74, 6) is -1.36. The van der Waals surface area contributed by atoms with Crippen LogP contribution < -0.4 is 5.32 Å². The van der Waals surface area contributed by atoms with E-state index in [-0.39, 0.29) is 11.7 Å². The Hall–Kier alpha value is -2.61. The molecular formula is C17H20N4O3S. The Morgan fingerprint density at radius 2 is 2.12 bits per heavy atom. The predicted octanol–water partition coefficient (Wildman–Crippen LogP) is 2.20. The molecule has 2 rings (SSSR count). The average Bonchev–Trinajstić information content (AvgIpc) is 3.05. The van der Waals surface area contributed by atoms with Gasteiger partial charge in [-0.3, -0.25) is 9.36 Å². The summed E-state index contributed by atoms with van der Waals surface area (Å²) in [6.45, 7) is 5.56. The standard InChI is InChI=1S/C17H20N4O3S/c1-3-4-5-14(16(23)24)19-15(22)10-25-17-20-18-11-21(17)13-8-6-12(2)7-9-13/h3,6-9,11,14H,1,4-5,10H2,2H3,(H,19,22)(H,23,24). The Morgan fingerprint density at radius 3 is 2.76 bits per heavy atom. The van der Waals surface area contributed by atoms with Gasteiger partial charge in [-0.05, 0) is 31.9 Å². The summed E-state index contributed by atoms with van der Waals surface area (Å²) in [6, 6.07) is 6.93. The molecular weight excluding hydrogens is 340 g/mol. The van der Waals surface area contributed by atoms with Crippen LogP contribution in [0.2, 0.25) is 0 Å². The van der Waals surface area contributed by atoms with E-state index < -0.39 is 12.0 Å². The highest BCUT2D eigenvalue weighted by molar-refractivity contribution is 7.99. The zero-order chi connectivity index (χ0) is 18.2. The molecule has 0 fully saturated rings. The number of aliphatic carboxylic acids is 1. The van der Waals surface area contributed by atoms with Crippen LogP contribution in [0.25, 0.3) is 5.69 Å². The van der Waals surface area contributed by atoms with E-state index in [1.54, 1.807) is 17.0 Å². The van der Waals surface area contributed by atoms with E-state index in [1.807, 2.05) is 31.2 Å². The highest BCUT2D eigenvalue weighted by Crippen LogP contribution is 2.19. The van der Waals surface area contributed by atoms with Crippen LogP contribution in [0.5, 0.6) is 0 Å². The van der Waals surface area contributed by atoms with Gasteiger partial charge in [0.05, 0.1) is 5.75 Å². The van der Waals surface area contributed by atoms with Crippen molar-refractivity contribution in [3.63, 3.8) is 0 Å². The summed E-state index contributed by atoms with van der Waals surface area (Å²) >= 11 is 1.20. The van der Waals surface area contributed by atoms with Crippen LogP contribution in [0.3, 0.4) is 0 Å². The number of allylic oxidation sites excluding steroid dienone is 1. The number of hydrogen-bond donors (Lipinski definition) is 2. The van der Waals surface area contributed by atoms with Gasteiger partial charge < -0.3 is 10.4 Å². The third kappa shape index (κ3) is 5.46. The van der Waals surface area contributed by atoms with Gasteiger partial charge in [0.15, 0.2) is 5.16 Å². The van der Waals surface area contributed by atoms with Crippen molar-refractivity contribution < 1.29 is 14.7 Å². The van der Waals surface area contributed by atoms with Crippen molar-refractivity contribution in [3.8, 4) is 5.69 Å². The fraction of sp³-hybridized carbons (Fsp3) is 0.294. The summed E-state index contributed by atoms with van der Waals surface area (Å²) in [5, 5.41) is 20.1. The smallest absolute Gasteiger partial charge is 0.326 e. The molecule has 2 N–H and O–H groups in total. The molecule has 0 spiro atoms. The van der Waals surface area contributed by atoms with Crippen LogP contribution in [0, 0.1) is 6.92 Å². The first-order chi connectivity index (χ1) is 12.0. The van der Waals surface area contributed by atoms with Crippen LogP contribution >= 0.6 is 11.8 Å². The van der Waals surface area contributed by atoms with Crippen molar-refractivity contribution in [2.24, 2.45) is 0 Å². The third-order valence-electron chi connectivity index (χ3n) is 3.45. The largest absolute Gasteiger partial charge is 0.480 e. The number of carboxylic acid groups (broad SMARTS) is 1. The first kappa shape index (κ1) is 18.7. The van der Waals surface area contributed by atoms with E-state index in [0.29, 0.717) is 18.0 Å². The van der Waals surface area contributed by atoms with Crippen molar-refractivity contribution in [1.29, 1.82) is 0 Å². The zero-order valence-corrected chi connectivity index (χ0v) is 14.7. The number of amides is 1. The van der Waals surface area contributed by atoms with Crippen molar-refractivity contribution in [2.45, 2.75) is 31.0 Å². The Morgan fingerprint density at radius 1 is 1.40 bits per heavy atom. The number of rotatable bonds is 9. The minimum absolute atomic E-state index is 0.0580. The number of carboxylic acids is 1. The van der Waals surface area contributed by atoms with Crippen molar-refractivity contribution in [3.05, 3.63) is 48.8 Å². The molecule has 0 saturated carbocycles. The number of benzene rings is 1. The lowest BCUT2D eigenvalue weighted by atomic mass is 10.1. The fourth-order valence-electron chi connectivity index (χ4n) is 2.11. The number of nitrogens with zero attached hydrogens (tertiary/aromatic N) is 3. The molecule has 1 amide bonds. The second-order valence-electron chi connectivity index (χ2n) is 5.43.